The van der Waals surface area contributed by atoms with E-state index in [0.717, 1.165) is 36.1 Å². The van der Waals surface area contributed by atoms with E-state index in [4.69, 9.17) is 4.74 Å². The molecule has 0 bridgehead atoms. The molecule has 1 aromatic heterocycles. The zero-order valence-electron chi connectivity index (χ0n) is 17.8. The van der Waals surface area contributed by atoms with Crippen LogP contribution in [0.1, 0.15) is 71.7 Å². The van der Waals surface area contributed by atoms with E-state index in [1.807, 2.05) is 52.0 Å². The molecular weight excluding hydrogens is 368 g/mol. The summed E-state index contributed by atoms with van der Waals surface area (Å²) in [5.74, 6) is 0.756. The molecule has 2 aromatic rings. The number of para-hydroxylation sites is 2. The van der Waals surface area contributed by atoms with Crippen LogP contribution in [-0.2, 0) is 9.53 Å². The van der Waals surface area contributed by atoms with Crippen molar-refractivity contribution in [3.63, 3.8) is 0 Å². The molecule has 0 spiro atoms. The van der Waals surface area contributed by atoms with E-state index >= 15 is 0 Å². The van der Waals surface area contributed by atoms with Gasteiger partial charge in [-0.3, -0.25) is 4.79 Å². The summed E-state index contributed by atoms with van der Waals surface area (Å²) in [5, 5.41) is 3.08. The molecule has 3 rings (SSSR count). The minimum atomic E-state index is -0.511. The second-order valence-corrected chi connectivity index (χ2v) is 8.68. The maximum Gasteiger partial charge on any atom is 0.410 e. The molecule has 1 aliphatic rings. The number of nitrogens with one attached hydrogen (secondary N) is 2. The first-order chi connectivity index (χ1) is 13.8. The number of hydrogen-bond donors (Lipinski definition) is 2. The third-order valence-corrected chi connectivity index (χ3v) is 5.19. The second-order valence-electron chi connectivity index (χ2n) is 8.68. The zero-order valence-corrected chi connectivity index (χ0v) is 17.8. The van der Waals surface area contributed by atoms with E-state index in [-0.39, 0.29) is 24.1 Å². The Balaban J connectivity index is 1.54. The van der Waals surface area contributed by atoms with Crippen LogP contribution in [0, 0.1) is 0 Å². The number of hydrogen-bond acceptors (Lipinski definition) is 4. The van der Waals surface area contributed by atoms with Crippen molar-refractivity contribution in [3.8, 4) is 0 Å². The highest BCUT2D eigenvalue weighted by Crippen LogP contribution is 2.24. The van der Waals surface area contributed by atoms with Gasteiger partial charge in [0.1, 0.15) is 11.4 Å². The number of aromatic nitrogens is 2. The Morgan fingerprint density at radius 3 is 2.79 bits per heavy atom. The average molecular weight is 401 g/mol. The lowest BCUT2D eigenvalue weighted by Crippen LogP contribution is -2.40. The smallest absolute Gasteiger partial charge is 0.410 e. The molecule has 0 saturated carbocycles. The minimum Gasteiger partial charge on any atom is -0.444 e. The number of nitrogens with zero attached hydrogens (tertiary/aromatic N) is 2. The van der Waals surface area contributed by atoms with Gasteiger partial charge >= 0.3 is 6.09 Å². The van der Waals surface area contributed by atoms with E-state index in [2.05, 4.69) is 15.3 Å². The topological polar surface area (TPSA) is 87.3 Å². The standard InChI is InChI=1S/C22H32N4O3/c1-5-16(20-24-17-10-6-7-11-18(17)25-20)23-19(27)13-12-15-9-8-14-26(15)21(28)29-22(2,3)4/h6-7,10-11,15-16H,5,8-9,12-14H2,1-4H3,(H,23,27)(H,24,25)/t15-,16-/m0/s1. The molecule has 7 heteroatoms. The fraction of sp³-hybridized carbons (Fsp3) is 0.591. The lowest BCUT2D eigenvalue weighted by molar-refractivity contribution is -0.122. The molecule has 0 radical (unpaired) electrons. The number of H-pyrrole nitrogens is 1. The third-order valence-electron chi connectivity index (χ3n) is 5.19. The van der Waals surface area contributed by atoms with Crippen molar-refractivity contribution in [2.75, 3.05) is 6.54 Å². The minimum absolute atomic E-state index is 0.0201. The fourth-order valence-corrected chi connectivity index (χ4v) is 3.76. The second kappa shape index (κ2) is 8.84. The van der Waals surface area contributed by atoms with Gasteiger partial charge in [0, 0.05) is 19.0 Å². The van der Waals surface area contributed by atoms with E-state index in [0.29, 0.717) is 19.4 Å². The quantitative estimate of drug-likeness (QED) is 0.756. The van der Waals surface area contributed by atoms with Crippen molar-refractivity contribution in [1.29, 1.82) is 0 Å². The summed E-state index contributed by atoms with van der Waals surface area (Å²) in [4.78, 5) is 34.7. The summed E-state index contributed by atoms with van der Waals surface area (Å²) in [7, 11) is 0. The predicted molar refractivity (Wildman–Crippen MR) is 112 cm³/mol. The highest BCUT2D eigenvalue weighted by atomic mass is 16.6. The number of fused-ring (bicyclic) bond motifs is 1. The van der Waals surface area contributed by atoms with Crippen molar-refractivity contribution in [2.24, 2.45) is 0 Å². The monoisotopic (exact) mass is 400 g/mol. The predicted octanol–water partition coefficient (Wildman–Crippen LogP) is 4.31. The normalized spacial score (nSPS) is 18.1. The first-order valence-corrected chi connectivity index (χ1v) is 10.5. The number of imidazole rings is 1. The average Bonchev–Trinajstić information content (AvgIpc) is 3.29. The molecular formula is C22H32N4O3. The summed E-state index contributed by atoms with van der Waals surface area (Å²) >= 11 is 0. The van der Waals surface area contributed by atoms with Crippen LogP contribution in [0.25, 0.3) is 11.0 Å². The molecule has 0 aliphatic carbocycles. The lowest BCUT2D eigenvalue weighted by atomic mass is 10.1. The molecule has 1 aliphatic heterocycles. The summed E-state index contributed by atoms with van der Waals surface area (Å²) < 4.78 is 5.50. The van der Waals surface area contributed by atoms with Crippen molar-refractivity contribution in [2.45, 2.75) is 77.5 Å². The van der Waals surface area contributed by atoms with Gasteiger partial charge in [-0.1, -0.05) is 19.1 Å². The van der Waals surface area contributed by atoms with E-state index in [1.54, 1.807) is 4.90 Å². The number of amides is 2. The number of benzene rings is 1. The van der Waals surface area contributed by atoms with Crippen LogP contribution in [0.15, 0.2) is 24.3 Å². The number of ether oxygens (including phenoxy) is 1. The molecule has 1 saturated heterocycles. The van der Waals surface area contributed by atoms with Crippen LogP contribution < -0.4 is 5.32 Å². The van der Waals surface area contributed by atoms with Crippen LogP contribution in [0.3, 0.4) is 0 Å². The number of carbonyl (C=O) groups excluding carboxylic acids is 2. The van der Waals surface area contributed by atoms with Gasteiger partial charge in [-0.15, -0.1) is 0 Å². The number of aromatic amines is 1. The van der Waals surface area contributed by atoms with Gasteiger partial charge < -0.3 is 19.9 Å². The van der Waals surface area contributed by atoms with Crippen molar-refractivity contribution < 1.29 is 14.3 Å². The number of carbonyl (C=O) groups is 2. The molecule has 1 fully saturated rings. The van der Waals surface area contributed by atoms with Crippen LogP contribution in [0.5, 0.6) is 0 Å². The maximum absolute atomic E-state index is 12.6. The molecule has 2 amide bonds. The molecule has 1 aromatic carbocycles. The fourth-order valence-electron chi connectivity index (χ4n) is 3.76. The largest absolute Gasteiger partial charge is 0.444 e. The Morgan fingerprint density at radius 1 is 1.34 bits per heavy atom. The van der Waals surface area contributed by atoms with E-state index in [1.165, 1.54) is 0 Å². The van der Waals surface area contributed by atoms with Crippen molar-refractivity contribution >= 4 is 23.0 Å². The summed E-state index contributed by atoms with van der Waals surface area (Å²) in [6, 6.07) is 7.75. The van der Waals surface area contributed by atoms with Crippen molar-refractivity contribution in [1.82, 2.24) is 20.2 Å². The van der Waals surface area contributed by atoms with Gasteiger partial charge in [0.2, 0.25) is 5.91 Å². The Morgan fingerprint density at radius 2 is 2.10 bits per heavy atom. The van der Waals surface area contributed by atoms with Gasteiger partial charge in [-0.05, 0) is 58.6 Å². The maximum atomic E-state index is 12.6. The first kappa shape index (κ1) is 21.1. The van der Waals surface area contributed by atoms with E-state index < -0.39 is 5.60 Å². The Labute approximate surface area is 172 Å². The summed E-state index contributed by atoms with van der Waals surface area (Å²) in [6.45, 7) is 8.32. The molecule has 2 atom stereocenters. The van der Waals surface area contributed by atoms with Gasteiger partial charge in [-0.2, -0.15) is 0 Å². The zero-order chi connectivity index (χ0) is 21.0. The van der Waals surface area contributed by atoms with Gasteiger partial charge in [0.15, 0.2) is 0 Å². The molecule has 158 valence electrons. The van der Waals surface area contributed by atoms with Gasteiger partial charge in [0.05, 0.1) is 17.1 Å². The molecule has 7 nitrogen and oxygen atoms in total. The van der Waals surface area contributed by atoms with Crippen molar-refractivity contribution in [3.05, 3.63) is 30.1 Å². The Hall–Kier alpha value is -2.57. The SMILES string of the molecule is CC[C@H](NC(=O)CC[C@@H]1CCCN1C(=O)OC(C)(C)C)c1nc2ccccc2[nH]1. The lowest BCUT2D eigenvalue weighted by Gasteiger charge is -2.28. The van der Waals surface area contributed by atoms with Crippen LogP contribution >= 0.6 is 0 Å². The highest BCUT2D eigenvalue weighted by molar-refractivity contribution is 5.77. The number of likely N-dealkylation sites (tertiary alicyclic amines) is 1. The summed E-state index contributed by atoms with van der Waals surface area (Å²) in [6.07, 6.45) is 3.34. The first-order valence-electron chi connectivity index (χ1n) is 10.5. The molecule has 2 N–H and O–H groups in total. The molecule has 2 heterocycles. The third kappa shape index (κ3) is 5.49. The molecule has 29 heavy (non-hydrogen) atoms. The van der Waals surface area contributed by atoms with E-state index in [9.17, 15) is 9.59 Å². The van der Waals surface area contributed by atoms with Crippen LogP contribution in [0.4, 0.5) is 4.79 Å². The Bertz CT molecular complexity index is 822. The molecule has 0 unspecified atom stereocenters. The van der Waals surface area contributed by atoms with Crippen LogP contribution in [0.2, 0.25) is 0 Å². The Kier molecular flexibility index (Phi) is 6.45. The summed E-state index contributed by atoms with van der Waals surface area (Å²) in [5.41, 5.74) is 1.35. The van der Waals surface area contributed by atoms with Crippen LogP contribution in [-0.4, -0.2) is 45.1 Å². The van der Waals surface area contributed by atoms with Gasteiger partial charge in [-0.25, -0.2) is 9.78 Å². The highest BCUT2D eigenvalue weighted by Gasteiger charge is 2.32. The number of rotatable bonds is 6. The van der Waals surface area contributed by atoms with Gasteiger partial charge in [0.25, 0.3) is 0 Å².